The van der Waals surface area contributed by atoms with Crippen LogP contribution in [-0.4, -0.2) is 35.8 Å². The standard InChI is InChI=1S/C13H19NO2/c1-10-4-3-5-12(13(10)15)9-14-6-7-16-11(2)8-14/h3-5,11,15H,6-9H2,1-2H3. The number of phenols is 1. The Hall–Kier alpha value is -1.06. The van der Waals surface area contributed by atoms with Crippen LogP contribution in [0.2, 0.25) is 0 Å². The first-order valence-corrected chi connectivity index (χ1v) is 5.78. The van der Waals surface area contributed by atoms with Gasteiger partial charge in [-0.15, -0.1) is 0 Å². The minimum absolute atomic E-state index is 0.292. The molecule has 1 fully saturated rings. The van der Waals surface area contributed by atoms with Gasteiger partial charge in [0, 0.05) is 25.2 Å². The van der Waals surface area contributed by atoms with Gasteiger partial charge >= 0.3 is 0 Å². The van der Waals surface area contributed by atoms with Crippen molar-refractivity contribution < 1.29 is 9.84 Å². The van der Waals surface area contributed by atoms with Gasteiger partial charge in [-0.25, -0.2) is 0 Å². The Morgan fingerprint density at radius 3 is 3.06 bits per heavy atom. The highest BCUT2D eigenvalue weighted by Crippen LogP contribution is 2.23. The van der Waals surface area contributed by atoms with Crippen molar-refractivity contribution in [2.75, 3.05) is 19.7 Å². The molecule has 1 aliphatic heterocycles. The van der Waals surface area contributed by atoms with Gasteiger partial charge in [0.25, 0.3) is 0 Å². The van der Waals surface area contributed by atoms with Crippen molar-refractivity contribution in [3.63, 3.8) is 0 Å². The maximum atomic E-state index is 9.94. The summed E-state index contributed by atoms with van der Waals surface area (Å²) in [4.78, 5) is 2.32. The number of phenolic OH excluding ortho intramolecular Hbond substituents is 1. The minimum atomic E-state index is 0.292. The molecule has 1 saturated heterocycles. The van der Waals surface area contributed by atoms with Gasteiger partial charge in [0.05, 0.1) is 12.7 Å². The van der Waals surface area contributed by atoms with Crippen molar-refractivity contribution in [3.05, 3.63) is 29.3 Å². The van der Waals surface area contributed by atoms with Crippen molar-refractivity contribution in [2.45, 2.75) is 26.5 Å². The topological polar surface area (TPSA) is 32.7 Å². The summed E-state index contributed by atoms with van der Waals surface area (Å²) in [5, 5.41) is 9.94. The summed E-state index contributed by atoms with van der Waals surface area (Å²) in [6.07, 6.45) is 0.292. The molecule has 1 aromatic rings. The third-order valence-corrected chi connectivity index (χ3v) is 3.04. The van der Waals surface area contributed by atoms with Crippen LogP contribution >= 0.6 is 0 Å². The Bertz CT molecular complexity index is 365. The molecule has 0 radical (unpaired) electrons. The number of morpholine rings is 1. The van der Waals surface area contributed by atoms with E-state index in [-0.39, 0.29) is 0 Å². The lowest BCUT2D eigenvalue weighted by Gasteiger charge is -2.31. The van der Waals surface area contributed by atoms with Gasteiger partial charge in [0.15, 0.2) is 0 Å². The van der Waals surface area contributed by atoms with Crippen LogP contribution in [0.25, 0.3) is 0 Å². The first-order valence-electron chi connectivity index (χ1n) is 5.78. The lowest BCUT2D eigenvalue weighted by atomic mass is 10.1. The van der Waals surface area contributed by atoms with Gasteiger partial charge in [0.2, 0.25) is 0 Å². The summed E-state index contributed by atoms with van der Waals surface area (Å²) < 4.78 is 5.50. The maximum absolute atomic E-state index is 9.94. The molecule has 1 N–H and O–H groups in total. The zero-order chi connectivity index (χ0) is 11.5. The number of hydrogen-bond donors (Lipinski definition) is 1. The Labute approximate surface area is 96.6 Å². The van der Waals surface area contributed by atoms with E-state index >= 15 is 0 Å². The molecule has 0 amide bonds. The summed E-state index contributed by atoms with van der Waals surface area (Å²) in [6, 6.07) is 5.91. The Morgan fingerprint density at radius 2 is 2.31 bits per heavy atom. The van der Waals surface area contributed by atoms with Crippen LogP contribution in [0, 0.1) is 6.92 Å². The van der Waals surface area contributed by atoms with Crippen molar-refractivity contribution >= 4 is 0 Å². The number of aromatic hydroxyl groups is 1. The average molecular weight is 221 g/mol. The fraction of sp³-hybridized carbons (Fsp3) is 0.538. The number of aryl methyl sites for hydroxylation is 1. The third kappa shape index (κ3) is 2.54. The number of hydrogen-bond acceptors (Lipinski definition) is 3. The summed E-state index contributed by atoms with van der Waals surface area (Å²) in [7, 11) is 0. The predicted octanol–water partition coefficient (Wildman–Crippen LogP) is 1.92. The molecular weight excluding hydrogens is 202 g/mol. The fourth-order valence-electron chi connectivity index (χ4n) is 2.12. The summed E-state index contributed by atoms with van der Waals surface area (Å²) in [6.45, 7) is 7.49. The van der Waals surface area contributed by atoms with E-state index < -0.39 is 0 Å². The number of rotatable bonds is 2. The Morgan fingerprint density at radius 1 is 1.50 bits per heavy atom. The first-order chi connectivity index (χ1) is 7.66. The van der Waals surface area contributed by atoms with Crippen LogP contribution in [0.5, 0.6) is 5.75 Å². The van der Waals surface area contributed by atoms with E-state index in [1.807, 2.05) is 25.1 Å². The number of para-hydroxylation sites is 1. The van der Waals surface area contributed by atoms with E-state index in [1.54, 1.807) is 0 Å². The maximum Gasteiger partial charge on any atom is 0.122 e. The normalized spacial score (nSPS) is 22.2. The molecule has 1 aromatic carbocycles. The predicted molar refractivity (Wildman–Crippen MR) is 63.5 cm³/mol. The van der Waals surface area contributed by atoms with Crippen LogP contribution in [0.4, 0.5) is 0 Å². The molecule has 0 bridgehead atoms. The van der Waals surface area contributed by atoms with Gasteiger partial charge in [-0.3, -0.25) is 4.90 Å². The molecule has 0 spiro atoms. The Kier molecular flexibility index (Phi) is 3.46. The quantitative estimate of drug-likeness (QED) is 0.828. The molecule has 1 heterocycles. The van der Waals surface area contributed by atoms with E-state index in [4.69, 9.17) is 4.74 Å². The monoisotopic (exact) mass is 221 g/mol. The van der Waals surface area contributed by atoms with Gasteiger partial charge in [-0.05, 0) is 19.4 Å². The second kappa shape index (κ2) is 4.85. The van der Waals surface area contributed by atoms with Gasteiger partial charge in [-0.1, -0.05) is 18.2 Å². The van der Waals surface area contributed by atoms with E-state index in [9.17, 15) is 5.11 Å². The van der Waals surface area contributed by atoms with Crippen LogP contribution in [-0.2, 0) is 11.3 Å². The van der Waals surface area contributed by atoms with Gasteiger partial charge < -0.3 is 9.84 Å². The highest BCUT2D eigenvalue weighted by Gasteiger charge is 2.17. The molecule has 16 heavy (non-hydrogen) atoms. The molecule has 2 rings (SSSR count). The van der Waals surface area contributed by atoms with E-state index in [1.165, 1.54) is 0 Å². The lowest BCUT2D eigenvalue weighted by Crippen LogP contribution is -2.40. The summed E-state index contributed by atoms with van der Waals surface area (Å²) in [5.74, 6) is 0.432. The first kappa shape index (κ1) is 11.4. The molecule has 1 aliphatic rings. The van der Waals surface area contributed by atoms with Crippen LogP contribution < -0.4 is 0 Å². The van der Waals surface area contributed by atoms with Crippen molar-refractivity contribution in [3.8, 4) is 5.75 Å². The van der Waals surface area contributed by atoms with Gasteiger partial charge in [0.1, 0.15) is 5.75 Å². The molecule has 1 unspecified atom stereocenters. The second-order valence-electron chi connectivity index (χ2n) is 4.50. The molecule has 1 atom stereocenters. The van der Waals surface area contributed by atoms with Gasteiger partial charge in [-0.2, -0.15) is 0 Å². The largest absolute Gasteiger partial charge is 0.507 e. The summed E-state index contributed by atoms with van der Waals surface area (Å²) >= 11 is 0. The SMILES string of the molecule is Cc1cccc(CN2CCOC(C)C2)c1O. The van der Waals surface area contributed by atoms with Crippen molar-refractivity contribution in [2.24, 2.45) is 0 Å². The van der Waals surface area contributed by atoms with E-state index in [0.29, 0.717) is 11.9 Å². The average Bonchev–Trinajstić information content (AvgIpc) is 2.25. The minimum Gasteiger partial charge on any atom is -0.507 e. The number of ether oxygens (including phenoxy) is 1. The fourth-order valence-corrected chi connectivity index (χ4v) is 2.12. The zero-order valence-corrected chi connectivity index (χ0v) is 9.94. The highest BCUT2D eigenvalue weighted by molar-refractivity contribution is 5.39. The van der Waals surface area contributed by atoms with Crippen LogP contribution in [0.15, 0.2) is 18.2 Å². The summed E-state index contributed by atoms with van der Waals surface area (Å²) in [5.41, 5.74) is 1.95. The highest BCUT2D eigenvalue weighted by atomic mass is 16.5. The molecular formula is C13H19NO2. The van der Waals surface area contributed by atoms with Crippen molar-refractivity contribution in [1.82, 2.24) is 4.90 Å². The lowest BCUT2D eigenvalue weighted by molar-refractivity contribution is -0.0214. The third-order valence-electron chi connectivity index (χ3n) is 3.04. The molecule has 0 aromatic heterocycles. The van der Waals surface area contributed by atoms with E-state index in [2.05, 4.69) is 11.8 Å². The molecule has 0 aliphatic carbocycles. The van der Waals surface area contributed by atoms with Crippen LogP contribution in [0.1, 0.15) is 18.1 Å². The van der Waals surface area contributed by atoms with Crippen LogP contribution in [0.3, 0.4) is 0 Å². The van der Waals surface area contributed by atoms with E-state index in [0.717, 1.165) is 37.4 Å². The second-order valence-corrected chi connectivity index (χ2v) is 4.50. The molecule has 3 heteroatoms. The smallest absolute Gasteiger partial charge is 0.122 e. The number of benzene rings is 1. The Balaban J connectivity index is 2.05. The van der Waals surface area contributed by atoms with Crippen molar-refractivity contribution in [1.29, 1.82) is 0 Å². The number of nitrogens with zero attached hydrogens (tertiary/aromatic N) is 1. The molecule has 3 nitrogen and oxygen atoms in total. The molecule has 88 valence electrons. The zero-order valence-electron chi connectivity index (χ0n) is 9.94. The molecule has 0 saturated carbocycles.